The Morgan fingerprint density at radius 1 is 0.250 bits per heavy atom. The summed E-state index contributed by atoms with van der Waals surface area (Å²) in [4.78, 5) is 0. The molecule has 0 rings (SSSR count). The fourth-order valence-corrected chi connectivity index (χ4v) is 11.4. The van der Waals surface area contributed by atoms with Crippen molar-refractivity contribution < 1.29 is 0 Å². The van der Waals surface area contributed by atoms with Gasteiger partial charge in [0.25, 0.3) is 0 Å². The summed E-state index contributed by atoms with van der Waals surface area (Å²) in [5, 5.41) is 4.40. The summed E-state index contributed by atoms with van der Waals surface area (Å²) in [6, 6.07) is 0. The SMILES string of the molecule is CCCCCCCCCCCCCCCCCCN[P+](CCCCCCCC)(CCCCCCCC)CCCCCCCC. The summed E-state index contributed by atoms with van der Waals surface area (Å²) in [5.74, 6) is 0. The Kier molecular flexibility index (Phi) is 38.2. The first-order chi connectivity index (χ1) is 21.7. The van der Waals surface area contributed by atoms with Crippen molar-refractivity contribution in [3.63, 3.8) is 0 Å². The van der Waals surface area contributed by atoms with Gasteiger partial charge >= 0.3 is 0 Å². The monoisotopic (exact) mass is 639 g/mol. The lowest BCUT2D eigenvalue weighted by atomic mass is 10.0. The quantitative estimate of drug-likeness (QED) is 0.0522. The first kappa shape index (κ1) is 44.4. The van der Waals surface area contributed by atoms with E-state index >= 15 is 0 Å². The minimum atomic E-state index is -1.00. The predicted molar refractivity (Wildman–Crippen MR) is 209 cm³/mol. The summed E-state index contributed by atoms with van der Waals surface area (Å²) in [7, 11) is -1.00. The average Bonchev–Trinajstić information content (AvgIpc) is 3.03. The molecule has 266 valence electrons. The van der Waals surface area contributed by atoms with Gasteiger partial charge in [0.05, 0.1) is 25.9 Å². The zero-order valence-electron chi connectivity index (χ0n) is 31.8. The molecule has 0 aliphatic carbocycles. The molecule has 2 heteroatoms. The summed E-state index contributed by atoms with van der Waals surface area (Å²) in [6.07, 6.45) is 54.2. The van der Waals surface area contributed by atoms with E-state index in [4.69, 9.17) is 0 Å². The highest BCUT2D eigenvalue weighted by molar-refractivity contribution is 7.74. The van der Waals surface area contributed by atoms with Crippen LogP contribution in [0.3, 0.4) is 0 Å². The molecule has 0 amide bonds. The molecule has 0 spiro atoms. The van der Waals surface area contributed by atoms with E-state index < -0.39 is 7.41 Å². The number of hydrogen-bond donors (Lipinski definition) is 1. The third-order valence-corrected chi connectivity index (χ3v) is 14.7. The summed E-state index contributed by atoms with van der Waals surface area (Å²) < 4.78 is 0. The van der Waals surface area contributed by atoms with E-state index in [2.05, 4.69) is 32.8 Å². The standard InChI is InChI=1S/C42H89NP/c1-5-9-13-17-21-22-23-24-25-26-27-28-29-30-31-35-39-43-44(40-36-32-18-14-10-6-2,41-37-33-19-15-11-7-3)42-38-34-20-16-12-8-4/h43H,5-42H2,1-4H3/q+1. The van der Waals surface area contributed by atoms with Crippen LogP contribution < -0.4 is 5.09 Å². The van der Waals surface area contributed by atoms with Crippen molar-refractivity contribution in [2.75, 3.05) is 25.0 Å². The van der Waals surface area contributed by atoms with Gasteiger partial charge in [0.15, 0.2) is 0 Å². The summed E-state index contributed by atoms with van der Waals surface area (Å²) in [5.41, 5.74) is 0. The van der Waals surface area contributed by atoms with E-state index in [-0.39, 0.29) is 0 Å². The van der Waals surface area contributed by atoms with Crippen LogP contribution in [0.4, 0.5) is 0 Å². The van der Waals surface area contributed by atoms with E-state index in [9.17, 15) is 0 Å². The van der Waals surface area contributed by atoms with Gasteiger partial charge in [-0.2, -0.15) is 5.09 Å². The van der Waals surface area contributed by atoms with E-state index in [0.29, 0.717) is 0 Å². The molecule has 0 fully saturated rings. The molecule has 0 saturated heterocycles. The molecule has 0 saturated carbocycles. The Morgan fingerprint density at radius 3 is 0.705 bits per heavy atom. The van der Waals surface area contributed by atoms with E-state index in [0.717, 1.165) is 0 Å². The van der Waals surface area contributed by atoms with Crippen molar-refractivity contribution in [1.82, 2.24) is 5.09 Å². The second-order valence-electron chi connectivity index (χ2n) is 14.8. The minimum Gasteiger partial charge on any atom is -0.192 e. The zero-order chi connectivity index (χ0) is 32.1. The lowest BCUT2D eigenvalue weighted by Gasteiger charge is -2.29. The van der Waals surface area contributed by atoms with Gasteiger partial charge in [-0.1, -0.05) is 201 Å². The average molecular weight is 639 g/mol. The van der Waals surface area contributed by atoms with Crippen LogP contribution >= 0.6 is 7.41 Å². The number of unbranched alkanes of at least 4 members (excludes halogenated alkanes) is 30. The molecule has 0 aliphatic rings. The predicted octanol–water partition coefficient (Wildman–Crippen LogP) is 15.9. The zero-order valence-corrected chi connectivity index (χ0v) is 32.7. The number of nitrogens with one attached hydrogen (secondary N) is 1. The Bertz CT molecular complexity index is 465. The molecular weight excluding hydrogens is 549 g/mol. The van der Waals surface area contributed by atoms with Crippen molar-refractivity contribution in [3.05, 3.63) is 0 Å². The van der Waals surface area contributed by atoms with Gasteiger partial charge < -0.3 is 0 Å². The normalized spacial score (nSPS) is 12.0. The Hall–Kier alpha value is 0.390. The third kappa shape index (κ3) is 32.3. The largest absolute Gasteiger partial charge is 0.192 e. The van der Waals surface area contributed by atoms with Crippen molar-refractivity contribution >= 4 is 7.41 Å². The fourth-order valence-electron chi connectivity index (χ4n) is 7.15. The van der Waals surface area contributed by atoms with Gasteiger partial charge in [-0.15, -0.1) is 0 Å². The lowest BCUT2D eigenvalue weighted by Crippen LogP contribution is -2.25. The maximum absolute atomic E-state index is 4.40. The highest BCUT2D eigenvalue weighted by atomic mass is 31.2. The second-order valence-corrected chi connectivity index (χ2v) is 18.8. The van der Waals surface area contributed by atoms with Crippen LogP contribution in [0.25, 0.3) is 0 Å². The van der Waals surface area contributed by atoms with Crippen LogP contribution in [0.2, 0.25) is 0 Å². The maximum Gasteiger partial charge on any atom is 0.0799 e. The molecular formula is C42H89NP+. The molecule has 0 unspecified atom stereocenters. The van der Waals surface area contributed by atoms with Gasteiger partial charge in [-0.3, -0.25) is 0 Å². The van der Waals surface area contributed by atoms with Gasteiger partial charge in [-0.25, -0.2) is 0 Å². The molecule has 0 atom stereocenters. The molecule has 0 aromatic carbocycles. The molecule has 1 N–H and O–H groups in total. The molecule has 0 aliphatic heterocycles. The van der Waals surface area contributed by atoms with Crippen molar-refractivity contribution in [2.24, 2.45) is 0 Å². The highest BCUT2D eigenvalue weighted by Gasteiger charge is 2.35. The lowest BCUT2D eigenvalue weighted by molar-refractivity contribution is 0.529. The summed E-state index contributed by atoms with van der Waals surface area (Å²) in [6.45, 7) is 10.7. The smallest absolute Gasteiger partial charge is 0.0799 e. The fraction of sp³-hybridized carbons (Fsp3) is 1.00. The third-order valence-electron chi connectivity index (χ3n) is 10.3. The highest BCUT2D eigenvalue weighted by Crippen LogP contribution is 2.57. The molecule has 0 bridgehead atoms. The summed E-state index contributed by atoms with van der Waals surface area (Å²) >= 11 is 0. The van der Waals surface area contributed by atoms with Crippen LogP contribution in [-0.2, 0) is 0 Å². The Balaban J connectivity index is 4.40. The van der Waals surface area contributed by atoms with Crippen molar-refractivity contribution in [3.8, 4) is 0 Å². The molecule has 0 heterocycles. The maximum atomic E-state index is 4.40. The number of rotatable bonds is 39. The molecule has 0 aromatic rings. The number of hydrogen-bond acceptors (Lipinski definition) is 1. The van der Waals surface area contributed by atoms with Crippen LogP contribution in [0.15, 0.2) is 0 Å². The topological polar surface area (TPSA) is 12.0 Å². The van der Waals surface area contributed by atoms with E-state index in [1.54, 1.807) is 18.5 Å². The molecule has 44 heavy (non-hydrogen) atoms. The van der Waals surface area contributed by atoms with Gasteiger partial charge in [0.1, 0.15) is 0 Å². The first-order valence-electron chi connectivity index (χ1n) is 21.4. The van der Waals surface area contributed by atoms with Gasteiger partial charge in [-0.05, 0) is 44.9 Å². The first-order valence-corrected chi connectivity index (χ1v) is 23.7. The minimum absolute atomic E-state index is 1.00. The van der Waals surface area contributed by atoms with E-state index in [1.807, 2.05) is 0 Å². The van der Waals surface area contributed by atoms with Crippen LogP contribution in [-0.4, -0.2) is 25.0 Å². The van der Waals surface area contributed by atoms with E-state index in [1.165, 1.54) is 225 Å². The van der Waals surface area contributed by atoms with Gasteiger partial charge in [0.2, 0.25) is 0 Å². The van der Waals surface area contributed by atoms with Gasteiger partial charge in [0, 0.05) is 6.54 Å². The second kappa shape index (κ2) is 37.8. The van der Waals surface area contributed by atoms with Crippen molar-refractivity contribution in [1.29, 1.82) is 0 Å². The molecule has 0 radical (unpaired) electrons. The van der Waals surface area contributed by atoms with Crippen LogP contribution in [0.5, 0.6) is 0 Å². The molecule has 1 nitrogen and oxygen atoms in total. The molecule has 0 aromatic heterocycles. The van der Waals surface area contributed by atoms with Crippen LogP contribution in [0, 0.1) is 0 Å². The van der Waals surface area contributed by atoms with Crippen molar-refractivity contribution in [2.45, 2.75) is 246 Å². The Labute approximate surface area is 282 Å². The van der Waals surface area contributed by atoms with Crippen LogP contribution in [0.1, 0.15) is 246 Å². The Morgan fingerprint density at radius 2 is 0.455 bits per heavy atom.